The third-order valence-corrected chi connectivity index (χ3v) is 6.56. The fraction of sp³-hybridized carbons (Fsp3) is 0.136. The van der Waals surface area contributed by atoms with Gasteiger partial charge in [-0.2, -0.15) is 4.72 Å². The molecule has 0 heterocycles. The van der Waals surface area contributed by atoms with Crippen molar-refractivity contribution in [2.75, 3.05) is 5.32 Å². The summed E-state index contributed by atoms with van der Waals surface area (Å²) in [7, 11) is -3.93. The number of rotatable bonds is 7. The molecule has 0 aliphatic rings. The van der Waals surface area contributed by atoms with Gasteiger partial charge in [0.05, 0.1) is 20.6 Å². The van der Waals surface area contributed by atoms with Crippen LogP contribution in [0.5, 0.6) is 0 Å². The molecule has 0 aliphatic carbocycles. The number of aryl methyl sites for hydroxylation is 1. The van der Waals surface area contributed by atoms with E-state index in [4.69, 9.17) is 23.2 Å². The molecule has 3 rings (SSSR count). The number of benzene rings is 3. The minimum Gasteiger partial charge on any atom is -0.322 e. The van der Waals surface area contributed by atoms with Crippen LogP contribution in [0.4, 0.5) is 5.69 Å². The number of amides is 1. The number of hydrogen-bond acceptors (Lipinski definition) is 3. The molecule has 0 saturated carbocycles. The van der Waals surface area contributed by atoms with Crippen LogP contribution in [-0.4, -0.2) is 20.4 Å². The second-order valence-corrected chi connectivity index (χ2v) is 9.29. The number of carbonyl (C=O) groups excluding carboxylic acids is 1. The van der Waals surface area contributed by atoms with E-state index < -0.39 is 22.0 Å². The van der Waals surface area contributed by atoms with Crippen LogP contribution >= 0.6 is 23.2 Å². The van der Waals surface area contributed by atoms with Crippen molar-refractivity contribution in [1.82, 2.24) is 4.72 Å². The molecule has 5 nitrogen and oxygen atoms in total. The van der Waals surface area contributed by atoms with Gasteiger partial charge in [-0.25, -0.2) is 8.42 Å². The van der Waals surface area contributed by atoms with Crippen molar-refractivity contribution in [1.29, 1.82) is 0 Å². The Morgan fingerprint density at radius 2 is 1.50 bits per heavy atom. The van der Waals surface area contributed by atoms with Crippen LogP contribution in [0, 0.1) is 6.92 Å². The van der Waals surface area contributed by atoms with Gasteiger partial charge in [0.15, 0.2) is 0 Å². The van der Waals surface area contributed by atoms with Crippen molar-refractivity contribution < 1.29 is 13.2 Å². The molecule has 30 heavy (non-hydrogen) atoms. The van der Waals surface area contributed by atoms with E-state index >= 15 is 0 Å². The quantitative estimate of drug-likeness (QED) is 0.527. The molecule has 8 heteroatoms. The highest BCUT2D eigenvalue weighted by Gasteiger charge is 2.27. The highest BCUT2D eigenvalue weighted by atomic mass is 35.5. The molecule has 2 N–H and O–H groups in total. The van der Waals surface area contributed by atoms with E-state index in [9.17, 15) is 13.2 Å². The lowest BCUT2D eigenvalue weighted by Gasteiger charge is -2.20. The Morgan fingerprint density at radius 1 is 0.900 bits per heavy atom. The monoisotopic (exact) mass is 462 g/mol. The van der Waals surface area contributed by atoms with Crippen molar-refractivity contribution in [2.45, 2.75) is 24.3 Å². The summed E-state index contributed by atoms with van der Waals surface area (Å²) in [6.07, 6.45) is 0.153. The molecule has 0 unspecified atom stereocenters. The highest BCUT2D eigenvalue weighted by molar-refractivity contribution is 7.89. The molecule has 0 spiro atoms. The molecule has 0 saturated heterocycles. The Balaban J connectivity index is 1.90. The van der Waals surface area contributed by atoms with Gasteiger partial charge in [-0.15, -0.1) is 0 Å². The van der Waals surface area contributed by atoms with Crippen molar-refractivity contribution in [3.05, 3.63) is 94.0 Å². The zero-order valence-electron chi connectivity index (χ0n) is 16.1. The van der Waals surface area contributed by atoms with E-state index in [1.165, 1.54) is 12.1 Å². The van der Waals surface area contributed by atoms with Crippen LogP contribution in [0.3, 0.4) is 0 Å². The zero-order chi connectivity index (χ0) is 21.7. The molecule has 3 aromatic carbocycles. The van der Waals surface area contributed by atoms with Crippen LogP contribution < -0.4 is 10.0 Å². The first kappa shape index (κ1) is 22.3. The fourth-order valence-corrected chi connectivity index (χ4v) is 4.53. The summed E-state index contributed by atoms with van der Waals surface area (Å²) < 4.78 is 28.3. The number of para-hydroxylation sites is 1. The minimum atomic E-state index is -3.93. The average molecular weight is 463 g/mol. The minimum absolute atomic E-state index is 0.0785. The summed E-state index contributed by atoms with van der Waals surface area (Å²) in [6.45, 7) is 1.86. The number of anilines is 1. The average Bonchev–Trinajstić information content (AvgIpc) is 2.71. The third kappa shape index (κ3) is 5.61. The van der Waals surface area contributed by atoms with Gasteiger partial charge in [0.25, 0.3) is 0 Å². The highest BCUT2D eigenvalue weighted by Crippen LogP contribution is 2.30. The molecule has 0 bridgehead atoms. The van der Waals surface area contributed by atoms with E-state index in [-0.39, 0.29) is 27.0 Å². The number of nitrogens with one attached hydrogen (secondary N) is 2. The van der Waals surface area contributed by atoms with Gasteiger partial charge >= 0.3 is 0 Å². The lowest BCUT2D eigenvalue weighted by Crippen LogP contribution is -2.45. The van der Waals surface area contributed by atoms with Gasteiger partial charge in [0, 0.05) is 0 Å². The SMILES string of the molecule is Cc1ccc(S(=O)(=O)N[C@H](Cc2ccccc2)C(=O)Nc2c(Cl)cccc2Cl)cc1. The standard InChI is InChI=1S/C22H20Cl2N2O3S/c1-15-10-12-17(13-11-15)30(28,29)26-20(14-16-6-3-2-4-7-16)22(27)25-21-18(23)8-5-9-19(21)24/h2-13,20,26H,14H2,1H3,(H,25,27)/t20-/m1/s1. The van der Waals surface area contributed by atoms with Crippen molar-refractivity contribution in [2.24, 2.45) is 0 Å². The fourth-order valence-electron chi connectivity index (χ4n) is 2.84. The lowest BCUT2D eigenvalue weighted by molar-refractivity contribution is -0.117. The largest absolute Gasteiger partial charge is 0.322 e. The van der Waals surface area contributed by atoms with Crippen LogP contribution in [0.2, 0.25) is 10.0 Å². The Kier molecular flexibility index (Phi) is 7.15. The maximum atomic E-state index is 13.0. The first-order chi connectivity index (χ1) is 14.3. The van der Waals surface area contributed by atoms with Crippen molar-refractivity contribution in [3.8, 4) is 0 Å². The van der Waals surface area contributed by atoms with Crippen molar-refractivity contribution >= 4 is 44.8 Å². The van der Waals surface area contributed by atoms with Crippen LogP contribution in [0.25, 0.3) is 0 Å². The molecule has 3 aromatic rings. The maximum absolute atomic E-state index is 13.0. The first-order valence-corrected chi connectivity index (χ1v) is 11.4. The lowest BCUT2D eigenvalue weighted by atomic mass is 10.1. The van der Waals surface area contributed by atoms with E-state index in [1.54, 1.807) is 30.3 Å². The molecular weight excluding hydrogens is 443 g/mol. The summed E-state index contributed by atoms with van der Waals surface area (Å²) >= 11 is 12.3. The van der Waals surface area contributed by atoms with Gasteiger partial charge in [0.2, 0.25) is 15.9 Å². The van der Waals surface area contributed by atoms with Crippen LogP contribution in [0.15, 0.2) is 77.7 Å². The van der Waals surface area contributed by atoms with Gasteiger partial charge in [-0.3, -0.25) is 4.79 Å². The summed E-state index contributed by atoms with van der Waals surface area (Å²) in [4.78, 5) is 13.1. The number of sulfonamides is 1. The summed E-state index contributed by atoms with van der Waals surface area (Å²) in [5.41, 5.74) is 1.97. The van der Waals surface area contributed by atoms with Gasteiger partial charge < -0.3 is 5.32 Å². The van der Waals surface area contributed by atoms with Crippen LogP contribution in [-0.2, 0) is 21.2 Å². The van der Waals surface area contributed by atoms with Crippen molar-refractivity contribution in [3.63, 3.8) is 0 Å². The molecular formula is C22H20Cl2N2O3S. The molecule has 1 atom stereocenters. The third-order valence-electron chi connectivity index (χ3n) is 4.44. The van der Waals surface area contributed by atoms with Crippen LogP contribution in [0.1, 0.15) is 11.1 Å². The predicted octanol–water partition coefficient (Wildman–Crippen LogP) is 4.83. The predicted molar refractivity (Wildman–Crippen MR) is 121 cm³/mol. The van der Waals surface area contributed by atoms with E-state index in [0.29, 0.717) is 0 Å². The maximum Gasteiger partial charge on any atom is 0.242 e. The summed E-state index contributed by atoms with van der Waals surface area (Å²) in [5, 5.41) is 3.17. The molecule has 1 amide bonds. The molecule has 0 fully saturated rings. The number of hydrogen-bond donors (Lipinski definition) is 2. The zero-order valence-corrected chi connectivity index (χ0v) is 18.4. The number of halogens is 2. The molecule has 0 aliphatic heterocycles. The van der Waals surface area contributed by atoms with E-state index in [2.05, 4.69) is 10.0 Å². The van der Waals surface area contributed by atoms with E-state index in [0.717, 1.165) is 11.1 Å². The Bertz CT molecular complexity index is 1110. The van der Waals surface area contributed by atoms with E-state index in [1.807, 2.05) is 37.3 Å². The summed E-state index contributed by atoms with van der Waals surface area (Å²) in [6, 6.07) is 19.3. The Hall–Kier alpha value is -2.38. The second kappa shape index (κ2) is 9.62. The van der Waals surface area contributed by atoms with Gasteiger partial charge in [-0.1, -0.05) is 77.3 Å². The Morgan fingerprint density at radius 3 is 2.10 bits per heavy atom. The number of carbonyl (C=O) groups is 1. The first-order valence-electron chi connectivity index (χ1n) is 9.14. The summed E-state index contributed by atoms with van der Waals surface area (Å²) in [5.74, 6) is -0.565. The molecule has 156 valence electrons. The second-order valence-electron chi connectivity index (χ2n) is 6.76. The topological polar surface area (TPSA) is 75.3 Å². The molecule has 0 radical (unpaired) electrons. The molecule has 0 aromatic heterocycles. The Labute approximate surface area is 186 Å². The van der Waals surface area contributed by atoms with Gasteiger partial charge in [0.1, 0.15) is 6.04 Å². The smallest absolute Gasteiger partial charge is 0.242 e. The van der Waals surface area contributed by atoms with Gasteiger partial charge in [-0.05, 0) is 43.2 Å². The normalized spacial score (nSPS) is 12.4.